The summed E-state index contributed by atoms with van der Waals surface area (Å²) in [6.45, 7) is 7.00. The number of carbonyl (C=O) groups excluding carboxylic acids is 1. The third-order valence-electron chi connectivity index (χ3n) is 2.96. The first kappa shape index (κ1) is 16.4. The number of nitrogens with one attached hydrogen (secondary N) is 2. The third-order valence-corrected chi connectivity index (χ3v) is 3.62. The van der Waals surface area contributed by atoms with E-state index in [1.807, 2.05) is 25.1 Å². The highest BCUT2D eigenvalue weighted by Gasteiger charge is 2.11. The first-order chi connectivity index (χ1) is 10.5. The molecule has 2 aromatic rings. The second kappa shape index (κ2) is 7.35. The molecule has 0 saturated heterocycles. The maximum absolute atomic E-state index is 12.3. The number of anilines is 2. The van der Waals surface area contributed by atoms with E-state index in [4.69, 9.17) is 0 Å². The zero-order valence-electron chi connectivity index (χ0n) is 12.9. The summed E-state index contributed by atoms with van der Waals surface area (Å²) in [5, 5.41) is 6.02. The Labute approximate surface area is 138 Å². The number of hydrogen-bond acceptors (Lipinski definition) is 4. The van der Waals surface area contributed by atoms with E-state index >= 15 is 0 Å². The Morgan fingerprint density at radius 1 is 1.27 bits per heavy atom. The Hall–Kier alpha value is -1.95. The maximum atomic E-state index is 12.3. The zero-order valence-corrected chi connectivity index (χ0v) is 14.4. The van der Waals surface area contributed by atoms with Crippen molar-refractivity contribution in [2.45, 2.75) is 20.8 Å². The molecule has 0 atom stereocenters. The summed E-state index contributed by atoms with van der Waals surface area (Å²) in [4.78, 5) is 20.4. The van der Waals surface area contributed by atoms with Crippen LogP contribution in [0.1, 0.15) is 29.9 Å². The predicted molar refractivity (Wildman–Crippen MR) is 92.2 cm³/mol. The van der Waals surface area contributed by atoms with E-state index in [2.05, 4.69) is 50.4 Å². The van der Waals surface area contributed by atoms with Crippen LogP contribution in [0.4, 0.5) is 11.5 Å². The van der Waals surface area contributed by atoms with Gasteiger partial charge in [-0.15, -0.1) is 0 Å². The van der Waals surface area contributed by atoms with Crippen molar-refractivity contribution in [3.8, 4) is 0 Å². The van der Waals surface area contributed by atoms with Crippen molar-refractivity contribution in [2.24, 2.45) is 5.92 Å². The van der Waals surface area contributed by atoms with E-state index < -0.39 is 0 Å². The van der Waals surface area contributed by atoms with Crippen LogP contribution < -0.4 is 10.6 Å². The second-order valence-electron chi connectivity index (χ2n) is 5.50. The van der Waals surface area contributed by atoms with Gasteiger partial charge in [0.1, 0.15) is 17.8 Å². The molecule has 1 heterocycles. The lowest BCUT2D eigenvalue weighted by molar-refractivity contribution is 0.102. The van der Waals surface area contributed by atoms with Crippen LogP contribution in [0.2, 0.25) is 0 Å². The molecule has 0 aliphatic heterocycles. The van der Waals surface area contributed by atoms with Crippen LogP contribution in [0.25, 0.3) is 0 Å². The van der Waals surface area contributed by atoms with Crippen molar-refractivity contribution in [1.29, 1.82) is 0 Å². The molecule has 0 aliphatic carbocycles. The summed E-state index contributed by atoms with van der Waals surface area (Å²) in [6, 6.07) is 7.40. The van der Waals surface area contributed by atoms with Gasteiger partial charge in [-0.2, -0.15) is 0 Å². The van der Waals surface area contributed by atoms with E-state index in [9.17, 15) is 4.79 Å². The van der Waals surface area contributed by atoms with E-state index in [1.165, 1.54) is 6.33 Å². The molecule has 1 aromatic carbocycles. The minimum absolute atomic E-state index is 0.264. The fraction of sp³-hybridized carbons (Fsp3) is 0.312. The maximum Gasteiger partial charge on any atom is 0.274 e. The monoisotopic (exact) mass is 362 g/mol. The van der Waals surface area contributed by atoms with E-state index in [1.54, 1.807) is 6.07 Å². The highest BCUT2D eigenvalue weighted by atomic mass is 79.9. The molecular formula is C16H19BrN4O. The smallest absolute Gasteiger partial charge is 0.274 e. The molecule has 0 radical (unpaired) electrons. The normalized spacial score (nSPS) is 10.6. The van der Waals surface area contributed by atoms with Crippen molar-refractivity contribution in [1.82, 2.24) is 9.97 Å². The van der Waals surface area contributed by atoms with Crippen LogP contribution in [-0.2, 0) is 0 Å². The number of aromatic nitrogens is 2. The second-order valence-corrected chi connectivity index (χ2v) is 6.35. The van der Waals surface area contributed by atoms with Crippen LogP contribution in [0.3, 0.4) is 0 Å². The fourth-order valence-corrected chi connectivity index (χ4v) is 2.39. The molecule has 0 bridgehead atoms. The topological polar surface area (TPSA) is 66.9 Å². The number of amides is 1. The molecule has 22 heavy (non-hydrogen) atoms. The molecule has 2 rings (SSSR count). The van der Waals surface area contributed by atoms with Crippen LogP contribution in [0, 0.1) is 12.8 Å². The van der Waals surface area contributed by atoms with Gasteiger partial charge in [0.2, 0.25) is 0 Å². The minimum Gasteiger partial charge on any atom is -0.370 e. The quantitative estimate of drug-likeness (QED) is 0.846. The average Bonchev–Trinajstić information content (AvgIpc) is 2.48. The largest absolute Gasteiger partial charge is 0.370 e. The molecule has 2 N–H and O–H groups in total. The SMILES string of the molecule is Cc1ccc(NC(=O)c2cc(NCC(C)C)ncn2)c(Br)c1. The molecule has 0 saturated carbocycles. The molecule has 0 aliphatic rings. The third kappa shape index (κ3) is 4.53. The molecule has 0 fully saturated rings. The summed E-state index contributed by atoms with van der Waals surface area (Å²) >= 11 is 3.44. The molecule has 0 spiro atoms. The number of rotatable bonds is 5. The molecule has 0 unspecified atom stereocenters. The summed E-state index contributed by atoms with van der Waals surface area (Å²) in [6.07, 6.45) is 1.39. The number of aryl methyl sites for hydroxylation is 1. The summed E-state index contributed by atoms with van der Waals surface area (Å²) < 4.78 is 0.841. The van der Waals surface area contributed by atoms with Gasteiger partial charge < -0.3 is 10.6 Å². The van der Waals surface area contributed by atoms with Crippen LogP contribution in [0.15, 0.2) is 35.1 Å². The van der Waals surface area contributed by atoms with E-state index in [0.29, 0.717) is 23.1 Å². The van der Waals surface area contributed by atoms with Crippen LogP contribution in [-0.4, -0.2) is 22.4 Å². The predicted octanol–water partition coefficient (Wildman–Crippen LogP) is 3.87. The fourth-order valence-electron chi connectivity index (χ4n) is 1.79. The van der Waals surface area contributed by atoms with Crippen LogP contribution >= 0.6 is 15.9 Å². The van der Waals surface area contributed by atoms with E-state index in [0.717, 1.165) is 16.6 Å². The number of benzene rings is 1. The van der Waals surface area contributed by atoms with Gasteiger partial charge in [-0.05, 0) is 46.5 Å². The van der Waals surface area contributed by atoms with Gasteiger partial charge in [0, 0.05) is 17.1 Å². The average molecular weight is 363 g/mol. The van der Waals surface area contributed by atoms with E-state index in [-0.39, 0.29) is 5.91 Å². The van der Waals surface area contributed by atoms with Crippen molar-refractivity contribution >= 4 is 33.3 Å². The van der Waals surface area contributed by atoms with Gasteiger partial charge in [0.25, 0.3) is 5.91 Å². The highest BCUT2D eigenvalue weighted by Crippen LogP contribution is 2.23. The van der Waals surface area contributed by atoms with Gasteiger partial charge in [0.05, 0.1) is 5.69 Å². The van der Waals surface area contributed by atoms with Gasteiger partial charge in [-0.25, -0.2) is 9.97 Å². The van der Waals surface area contributed by atoms with Crippen molar-refractivity contribution in [2.75, 3.05) is 17.2 Å². The lowest BCUT2D eigenvalue weighted by Crippen LogP contribution is -2.16. The van der Waals surface area contributed by atoms with Crippen molar-refractivity contribution in [3.05, 3.63) is 46.3 Å². The van der Waals surface area contributed by atoms with Gasteiger partial charge >= 0.3 is 0 Å². The summed E-state index contributed by atoms with van der Waals surface area (Å²) in [5.74, 6) is 0.882. The van der Waals surface area contributed by atoms with Gasteiger partial charge in [0.15, 0.2) is 0 Å². The Kier molecular flexibility index (Phi) is 5.49. The number of hydrogen-bond donors (Lipinski definition) is 2. The first-order valence-electron chi connectivity index (χ1n) is 7.09. The Morgan fingerprint density at radius 3 is 2.73 bits per heavy atom. The number of nitrogens with zero attached hydrogens (tertiary/aromatic N) is 2. The van der Waals surface area contributed by atoms with Gasteiger partial charge in [-0.3, -0.25) is 4.79 Å². The Morgan fingerprint density at radius 2 is 2.05 bits per heavy atom. The minimum atomic E-state index is -0.264. The zero-order chi connectivity index (χ0) is 16.1. The molecule has 6 heteroatoms. The van der Waals surface area contributed by atoms with Crippen molar-refractivity contribution < 1.29 is 4.79 Å². The highest BCUT2D eigenvalue weighted by molar-refractivity contribution is 9.10. The van der Waals surface area contributed by atoms with Crippen LogP contribution in [0.5, 0.6) is 0 Å². The summed E-state index contributed by atoms with van der Waals surface area (Å²) in [7, 11) is 0. The van der Waals surface area contributed by atoms with Gasteiger partial charge in [-0.1, -0.05) is 19.9 Å². The molecule has 5 nitrogen and oxygen atoms in total. The lowest BCUT2D eigenvalue weighted by atomic mass is 10.2. The molecule has 1 aromatic heterocycles. The Bertz CT molecular complexity index is 673. The van der Waals surface area contributed by atoms with Crippen molar-refractivity contribution in [3.63, 3.8) is 0 Å². The summed E-state index contributed by atoms with van der Waals surface area (Å²) in [5.41, 5.74) is 2.16. The Balaban J connectivity index is 2.10. The molecular weight excluding hydrogens is 344 g/mol. The number of halogens is 1. The lowest BCUT2D eigenvalue weighted by Gasteiger charge is -2.10. The standard InChI is InChI=1S/C16H19BrN4O/c1-10(2)8-18-15-7-14(19-9-20-15)16(22)21-13-5-4-11(3)6-12(13)17/h4-7,9-10H,8H2,1-3H3,(H,21,22)(H,18,19,20). The molecule has 1 amide bonds. The molecule has 116 valence electrons. The first-order valence-corrected chi connectivity index (χ1v) is 7.88. The number of carbonyl (C=O) groups is 1.